The van der Waals surface area contributed by atoms with E-state index in [1.165, 1.54) is 17.0 Å². The highest BCUT2D eigenvalue weighted by molar-refractivity contribution is 8.16. The summed E-state index contributed by atoms with van der Waals surface area (Å²) in [4.78, 5) is 17.9. The summed E-state index contributed by atoms with van der Waals surface area (Å²) in [6.07, 6.45) is -3.93. The molecule has 2 aliphatic rings. The second-order valence-electron chi connectivity index (χ2n) is 6.76. The molecule has 0 N–H and O–H groups in total. The lowest BCUT2D eigenvalue weighted by Gasteiger charge is -2.25. The number of halogens is 3. The molecule has 1 amide bonds. The van der Waals surface area contributed by atoms with Gasteiger partial charge in [-0.3, -0.25) is 4.79 Å². The van der Waals surface area contributed by atoms with Gasteiger partial charge in [-0.05, 0) is 24.6 Å². The molecule has 10 heteroatoms. The Bertz CT molecular complexity index is 884. The number of carbonyl (C=O) groups excluding carboxylic acids is 1. The molecule has 1 aromatic carbocycles. The Morgan fingerprint density at radius 3 is 2.70 bits per heavy atom. The number of benzene rings is 1. The van der Waals surface area contributed by atoms with Crippen LogP contribution in [0.2, 0.25) is 0 Å². The van der Waals surface area contributed by atoms with Crippen molar-refractivity contribution < 1.29 is 26.4 Å². The minimum Gasteiger partial charge on any atom is -0.316 e. The van der Waals surface area contributed by atoms with Gasteiger partial charge in [-0.1, -0.05) is 31.7 Å². The van der Waals surface area contributed by atoms with Crippen LogP contribution in [-0.2, 0) is 20.8 Å². The van der Waals surface area contributed by atoms with Crippen LogP contribution in [0.15, 0.2) is 29.3 Å². The Kier molecular flexibility index (Phi) is 5.33. The normalized spacial score (nSPS) is 27.0. The molecule has 2 heterocycles. The number of anilines is 1. The van der Waals surface area contributed by atoms with Crippen molar-refractivity contribution in [1.82, 2.24) is 0 Å². The van der Waals surface area contributed by atoms with Crippen molar-refractivity contribution in [2.75, 3.05) is 16.4 Å². The molecule has 5 nitrogen and oxygen atoms in total. The largest absolute Gasteiger partial charge is 0.416 e. The fourth-order valence-corrected chi connectivity index (χ4v) is 7.00. The highest BCUT2D eigenvalue weighted by Gasteiger charge is 2.49. The van der Waals surface area contributed by atoms with E-state index in [4.69, 9.17) is 0 Å². The summed E-state index contributed by atoms with van der Waals surface area (Å²) in [6, 6.07) is 4.14. The summed E-state index contributed by atoms with van der Waals surface area (Å²) in [5.41, 5.74) is -0.639. The number of hydrogen-bond acceptors (Lipinski definition) is 4. The Morgan fingerprint density at radius 1 is 1.37 bits per heavy atom. The van der Waals surface area contributed by atoms with Crippen LogP contribution in [0, 0.1) is 5.92 Å². The molecular weight excluding hydrogens is 401 g/mol. The smallest absolute Gasteiger partial charge is 0.316 e. The number of rotatable bonds is 3. The first-order valence-corrected chi connectivity index (χ1v) is 11.2. The van der Waals surface area contributed by atoms with Gasteiger partial charge in [0.15, 0.2) is 15.0 Å². The van der Waals surface area contributed by atoms with Gasteiger partial charge < -0.3 is 4.90 Å². The summed E-state index contributed by atoms with van der Waals surface area (Å²) in [6.45, 7) is 3.57. The molecule has 0 radical (unpaired) electrons. The third-order valence-electron chi connectivity index (χ3n) is 4.76. The number of aliphatic imine (C=N–C) groups is 1. The number of sulfone groups is 1. The maximum absolute atomic E-state index is 13.1. The third kappa shape index (κ3) is 4.16. The molecule has 0 saturated carbocycles. The van der Waals surface area contributed by atoms with Gasteiger partial charge in [-0.2, -0.15) is 18.2 Å². The van der Waals surface area contributed by atoms with E-state index in [2.05, 4.69) is 4.99 Å². The van der Waals surface area contributed by atoms with Crippen LogP contribution in [0.25, 0.3) is 0 Å². The zero-order valence-electron chi connectivity index (χ0n) is 14.7. The molecule has 3 atom stereocenters. The standard InChI is InChI=1S/C17H19F3N2O3S2/c1-3-10(2)15(23)21-16-22(13-8-27(24,25)9-14(13)26-16)12-6-4-5-11(7-12)17(18,19)20/h4-7,10,13-14H,3,8-9H2,1-2H3/t10-,13+,14+/m1/s1. The van der Waals surface area contributed by atoms with Gasteiger partial charge in [-0.25, -0.2) is 8.42 Å². The number of nitrogens with zero attached hydrogens (tertiary/aromatic N) is 2. The SMILES string of the molecule is CC[C@@H](C)C(=O)N=C1S[C@H]2CS(=O)(=O)C[C@@H]2N1c1cccc(C(F)(F)F)c1. The molecule has 1 aromatic rings. The predicted octanol–water partition coefficient (Wildman–Crippen LogP) is 3.35. The van der Waals surface area contributed by atoms with Crippen LogP contribution in [-0.4, -0.2) is 42.3 Å². The molecular formula is C17H19F3N2O3S2. The lowest BCUT2D eigenvalue weighted by Crippen LogP contribution is -2.38. The maximum Gasteiger partial charge on any atom is 0.416 e. The van der Waals surface area contributed by atoms with Crippen molar-refractivity contribution in [3.8, 4) is 0 Å². The molecule has 2 fully saturated rings. The second-order valence-corrected chi connectivity index (χ2v) is 10.1. The number of fused-ring (bicyclic) bond motifs is 1. The lowest BCUT2D eigenvalue weighted by atomic mass is 10.1. The van der Waals surface area contributed by atoms with Crippen LogP contribution < -0.4 is 4.90 Å². The average molecular weight is 420 g/mol. The fraction of sp³-hybridized carbons (Fsp3) is 0.529. The van der Waals surface area contributed by atoms with Crippen LogP contribution >= 0.6 is 11.8 Å². The van der Waals surface area contributed by atoms with Crippen molar-refractivity contribution in [3.05, 3.63) is 29.8 Å². The Morgan fingerprint density at radius 2 is 2.07 bits per heavy atom. The highest BCUT2D eigenvalue weighted by atomic mass is 32.2. The molecule has 0 aromatic heterocycles. The number of amidine groups is 1. The van der Waals surface area contributed by atoms with Gasteiger partial charge in [0.2, 0.25) is 0 Å². The van der Waals surface area contributed by atoms with Gasteiger partial charge in [-0.15, -0.1) is 0 Å². The number of thioether (sulfide) groups is 1. The summed E-state index contributed by atoms with van der Waals surface area (Å²) < 4.78 is 63.3. The number of alkyl halides is 3. The van der Waals surface area contributed by atoms with Gasteiger partial charge in [0.25, 0.3) is 5.91 Å². The molecule has 27 heavy (non-hydrogen) atoms. The summed E-state index contributed by atoms with van der Waals surface area (Å²) >= 11 is 1.15. The van der Waals surface area contributed by atoms with E-state index < -0.39 is 27.6 Å². The molecule has 2 aliphatic heterocycles. The van der Waals surface area contributed by atoms with Crippen LogP contribution in [0.4, 0.5) is 18.9 Å². The molecule has 3 rings (SSSR count). The Labute approximate surface area is 159 Å². The summed E-state index contributed by atoms with van der Waals surface area (Å²) in [7, 11) is -3.28. The molecule has 0 unspecified atom stereocenters. The van der Waals surface area contributed by atoms with Crippen LogP contribution in [0.3, 0.4) is 0 Å². The van der Waals surface area contributed by atoms with Crippen molar-refractivity contribution >= 4 is 38.4 Å². The first-order valence-electron chi connectivity index (χ1n) is 8.48. The summed E-state index contributed by atoms with van der Waals surface area (Å²) in [5, 5.41) is -0.0856. The zero-order valence-corrected chi connectivity index (χ0v) is 16.4. The molecule has 0 bridgehead atoms. The number of amides is 1. The third-order valence-corrected chi connectivity index (χ3v) is 7.97. The van der Waals surface area contributed by atoms with Crippen molar-refractivity contribution in [2.45, 2.75) is 37.7 Å². The van der Waals surface area contributed by atoms with E-state index in [0.717, 1.165) is 23.9 Å². The molecule has 0 aliphatic carbocycles. The number of hydrogen-bond donors (Lipinski definition) is 0. The van der Waals surface area contributed by atoms with E-state index in [-0.39, 0.29) is 39.4 Å². The highest BCUT2D eigenvalue weighted by Crippen LogP contribution is 2.42. The summed E-state index contributed by atoms with van der Waals surface area (Å²) in [5.74, 6) is -0.920. The maximum atomic E-state index is 13.1. The van der Waals surface area contributed by atoms with Crippen LogP contribution in [0.1, 0.15) is 25.8 Å². The van der Waals surface area contributed by atoms with Crippen molar-refractivity contribution in [3.63, 3.8) is 0 Å². The van der Waals surface area contributed by atoms with Gasteiger partial charge in [0, 0.05) is 16.9 Å². The Hall–Kier alpha value is -1.55. The van der Waals surface area contributed by atoms with Gasteiger partial charge in [0.05, 0.1) is 23.1 Å². The van der Waals surface area contributed by atoms with Gasteiger partial charge >= 0.3 is 6.18 Å². The van der Waals surface area contributed by atoms with E-state index in [0.29, 0.717) is 6.42 Å². The van der Waals surface area contributed by atoms with E-state index in [9.17, 15) is 26.4 Å². The number of carbonyl (C=O) groups is 1. The molecule has 0 spiro atoms. The first-order chi connectivity index (χ1) is 12.5. The van der Waals surface area contributed by atoms with Gasteiger partial charge in [0.1, 0.15) is 0 Å². The monoisotopic (exact) mass is 420 g/mol. The quantitative estimate of drug-likeness (QED) is 0.750. The second kappa shape index (κ2) is 7.12. The molecule has 148 valence electrons. The van der Waals surface area contributed by atoms with Crippen LogP contribution in [0.5, 0.6) is 0 Å². The average Bonchev–Trinajstić information content (AvgIpc) is 3.04. The lowest BCUT2D eigenvalue weighted by molar-refractivity contribution is -0.137. The van der Waals surface area contributed by atoms with E-state index >= 15 is 0 Å². The topological polar surface area (TPSA) is 66.8 Å². The van der Waals surface area contributed by atoms with E-state index in [1.54, 1.807) is 6.92 Å². The van der Waals surface area contributed by atoms with Crippen molar-refractivity contribution in [1.29, 1.82) is 0 Å². The molecule has 2 saturated heterocycles. The first kappa shape index (κ1) is 20.2. The van der Waals surface area contributed by atoms with Crippen molar-refractivity contribution in [2.24, 2.45) is 10.9 Å². The zero-order chi connectivity index (χ0) is 20.0. The minimum atomic E-state index is -4.52. The predicted molar refractivity (Wildman–Crippen MR) is 99.6 cm³/mol. The van der Waals surface area contributed by atoms with E-state index in [1.807, 2.05) is 6.92 Å². The fourth-order valence-electron chi connectivity index (χ4n) is 3.08. The minimum absolute atomic E-state index is 0.0751. The Balaban J connectivity index is 2.04.